The fourth-order valence-electron chi connectivity index (χ4n) is 1.93. The van der Waals surface area contributed by atoms with Gasteiger partial charge < -0.3 is 10.4 Å². The summed E-state index contributed by atoms with van der Waals surface area (Å²) in [6.45, 7) is 0. The molecule has 110 valence electrons. The third kappa shape index (κ3) is 3.24. The first kappa shape index (κ1) is 14.1. The highest BCUT2D eigenvalue weighted by atomic mass is 19.1. The van der Waals surface area contributed by atoms with Crippen molar-refractivity contribution in [2.45, 2.75) is 6.23 Å². The van der Waals surface area contributed by atoms with Gasteiger partial charge in [0.15, 0.2) is 6.23 Å². The van der Waals surface area contributed by atoms with Gasteiger partial charge in [-0.2, -0.15) is 0 Å². The fourth-order valence-corrected chi connectivity index (χ4v) is 1.93. The van der Waals surface area contributed by atoms with Crippen LogP contribution in [0.3, 0.4) is 0 Å². The number of nitrogens with zero attached hydrogens (tertiary/aromatic N) is 3. The SMILES string of the molecule is OC(Nc1cnc(-c2cccnc2)cn1)c1ccc(F)cc1. The molecule has 1 aromatic carbocycles. The summed E-state index contributed by atoms with van der Waals surface area (Å²) < 4.78 is 12.9. The Morgan fingerprint density at radius 2 is 1.82 bits per heavy atom. The van der Waals surface area contributed by atoms with Gasteiger partial charge in [-0.1, -0.05) is 12.1 Å². The zero-order chi connectivity index (χ0) is 15.4. The minimum absolute atomic E-state index is 0.350. The monoisotopic (exact) mass is 296 g/mol. The van der Waals surface area contributed by atoms with Crippen LogP contribution in [0, 0.1) is 5.82 Å². The smallest absolute Gasteiger partial charge is 0.151 e. The van der Waals surface area contributed by atoms with Gasteiger partial charge in [-0.25, -0.2) is 9.37 Å². The highest BCUT2D eigenvalue weighted by molar-refractivity contribution is 5.57. The highest BCUT2D eigenvalue weighted by Gasteiger charge is 2.08. The summed E-state index contributed by atoms with van der Waals surface area (Å²) in [5, 5.41) is 12.8. The van der Waals surface area contributed by atoms with E-state index < -0.39 is 6.23 Å². The van der Waals surface area contributed by atoms with Gasteiger partial charge >= 0.3 is 0 Å². The molecule has 6 heteroatoms. The summed E-state index contributed by atoms with van der Waals surface area (Å²) in [7, 11) is 0. The van der Waals surface area contributed by atoms with Gasteiger partial charge in [-0.05, 0) is 24.3 Å². The average Bonchev–Trinajstić information content (AvgIpc) is 2.57. The molecule has 3 aromatic rings. The van der Waals surface area contributed by atoms with Crippen LogP contribution in [0.4, 0.5) is 10.2 Å². The minimum atomic E-state index is -0.987. The summed E-state index contributed by atoms with van der Waals surface area (Å²) >= 11 is 0. The number of aliphatic hydroxyl groups is 1. The standard InChI is InChI=1S/C16H13FN4O/c17-13-5-3-11(4-6-13)16(22)21-15-10-19-14(9-20-15)12-2-1-7-18-8-12/h1-10,16,22H,(H,20,21). The number of anilines is 1. The van der Waals surface area contributed by atoms with Crippen LogP contribution in [0.5, 0.6) is 0 Å². The molecule has 0 radical (unpaired) electrons. The summed E-state index contributed by atoms with van der Waals surface area (Å²) in [5.74, 6) is 0.0704. The predicted octanol–water partition coefficient (Wildman–Crippen LogP) is 2.78. The first-order chi connectivity index (χ1) is 10.7. The average molecular weight is 296 g/mol. The Labute approximate surface area is 126 Å². The maximum absolute atomic E-state index is 12.9. The molecule has 0 spiro atoms. The first-order valence-electron chi connectivity index (χ1n) is 6.65. The van der Waals surface area contributed by atoms with Gasteiger partial charge in [-0.3, -0.25) is 9.97 Å². The predicted molar refractivity (Wildman–Crippen MR) is 80.2 cm³/mol. The lowest BCUT2D eigenvalue weighted by Crippen LogP contribution is -2.11. The van der Waals surface area contributed by atoms with E-state index in [1.807, 2.05) is 12.1 Å². The Balaban J connectivity index is 1.72. The molecule has 22 heavy (non-hydrogen) atoms. The molecule has 5 nitrogen and oxygen atoms in total. The molecule has 0 fully saturated rings. The van der Waals surface area contributed by atoms with Crippen molar-refractivity contribution in [3.8, 4) is 11.3 Å². The molecule has 0 amide bonds. The Bertz CT molecular complexity index is 732. The molecule has 0 bridgehead atoms. The number of aliphatic hydroxyl groups excluding tert-OH is 1. The van der Waals surface area contributed by atoms with E-state index >= 15 is 0 Å². The Hall–Kier alpha value is -2.86. The second kappa shape index (κ2) is 6.28. The molecule has 0 saturated heterocycles. The van der Waals surface area contributed by atoms with Crippen LogP contribution < -0.4 is 5.32 Å². The second-order valence-corrected chi connectivity index (χ2v) is 4.63. The molecular weight excluding hydrogens is 283 g/mol. The zero-order valence-corrected chi connectivity index (χ0v) is 11.5. The van der Waals surface area contributed by atoms with Crippen LogP contribution in [0.2, 0.25) is 0 Å². The van der Waals surface area contributed by atoms with Crippen molar-refractivity contribution in [2.24, 2.45) is 0 Å². The fraction of sp³-hybridized carbons (Fsp3) is 0.0625. The van der Waals surface area contributed by atoms with Crippen LogP contribution >= 0.6 is 0 Å². The minimum Gasteiger partial charge on any atom is -0.369 e. The number of aromatic nitrogens is 3. The lowest BCUT2D eigenvalue weighted by molar-refractivity contribution is 0.207. The van der Waals surface area contributed by atoms with Crippen molar-refractivity contribution in [1.29, 1.82) is 0 Å². The summed E-state index contributed by atoms with van der Waals surface area (Å²) in [4.78, 5) is 12.5. The van der Waals surface area contributed by atoms with E-state index in [-0.39, 0.29) is 5.82 Å². The Morgan fingerprint density at radius 3 is 2.45 bits per heavy atom. The number of hydrogen-bond donors (Lipinski definition) is 2. The van der Waals surface area contributed by atoms with Gasteiger partial charge in [0.05, 0.1) is 18.1 Å². The van der Waals surface area contributed by atoms with E-state index in [0.29, 0.717) is 17.1 Å². The highest BCUT2D eigenvalue weighted by Crippen LogP contribution is 2.18. The van der Waals surface area contributed by atoms with E-state index in [2.05, 4.69) is 20.3 Å². The van der Waals surface area contributed by atoms with Crippen molar-refractivity contribution < 1.29 is 9.50 Å². The van der Waals surface area contributed by atoms with E-state index in [0.717, 1.165) is 5.56 Å². The molecule has 1 unspecified atom stereocenters. The Morgan fingerprint density at radius 1 is 1.00 bits per heavy atom. The normalized spacial score (nSPS) is 11.9. The molecular formula is C16H13FN4O. The molecule has 3 rings (SSSR count). The summed E-state index contributed by atoms with van der Waals surface area (Å²) in [6, 6.07) is 9.29. The number of hydrogen-bond acceptors (Lipinski definition) is 5. The molecule has 2 heterocycles. The van der Waals surface area contributed by atoms with Crippen molar-refractivity contribution in [3.05, 3.63) is 72.6 Å². The number of nitrogens with one attached hydrogen (secondary N) is 1. The van der Waals surface area contributed by atoms with E-state index in [9.17, 15) is 9.50 Å². The topological polar surface area (TPSA) is 70.9 Å². The van der Waals surface area contributed by atoms with Gasteiger partial charge in [0.2, 0.25) is 0 Å². The lowest BCUT2D eigenvalue weighted by atomic mass is 10.2. The second-order valence-electron chi connectivity index (χ2n) is 4.63. The van der Waals surface area contributed by atoms with Gasteiger partial charge in [0.25, 0.3) is 0 Å². The van der Waals surface area contributed by atoms with Gasteiger partial charge in [0.1, 0.15) is 11.6 Å². The third-order valence-electron chi connectivity index (χ3n) is 3.08. The molecule has 2 aromatic heterocycles. The molecule has 2 N–H and O–H groups in total. The quantitative estimate of drug-likeness (QED) is 0.724. The van der Waals surface area contributed by atoms with Gasteiger partial charge in [0, 0.05) is 23.5 Å². The maximum atomic E-state index is 12.9. The number of pyridine rings is 1. The van der Waals surface area contributed by atoms with Crippen LogP contribution in [-0.2, 0) is 0 Å². The van der Waals surface area contributed by atoms with Crippen LogP contribution in [0.1, 0.15) is 11.8 Å². The molecule has 1 atom stereocenters. The number of benzene rings is 1. The van der Waals surface area contributed by atoms with Crippen molar-refractivity contribution in [3.63, 3.8) is 0 Å². The largest absolute Gasteiger partial charge is 0.369 e. The van der Waals surface area contributed by atoms with Gasteiger partial charge in [-0.15, -0.1) is 0 Å². The molecule has 0 aliphatic rings. The third-order valence-corrected chi connectivity index (χ3v) is 3.08. The van der Waals surface area contributed by atoms with E-state index in [1.54, 1.807) is 18.6 Å². The summed E-state index contributed by atoms with van der Waals surface area (Å²) in [5.41, 5.74) is 2.09. The zero-order valence-electron chi connectivity index (χ0n) is 11.5. The van der Waals surface area contributed by atoms with Crippen molar-refractivity contribution in [1.82, 2.24) is 15.0 Å². The molecule has 0 aliphatic heterocycles. The number of rotatable bonds is 4. The van der Waals surface area contributed by atoms with Crippen LogP contribution in [0.25, 0.3) is 11.3 Å². The van der Waals surface area contributed by atoms with Crippen molar-refractivity contribution >= 4 is 5.82 Å². The molecule has 0 saturated carbocycles. The maximum Gasteiger partial charge on any atom is 0.151 e. The van der Waals surface area contributed by atoms with Crippen LogP contribution in [-0.4, -0.2) is 20.1 Å². The van der Waals surface area contributed by atoms with Crippen molar-refractivity contribution in [2.75, 3.05) is 5.32 Å². The lowest BCUT2D eigenvalue weighted by Gasteiger charge is -2.13. The number of halogens is 1. The van der Waals surface area contributed by atoms with Crippen LogP contribution in [0.15, 0.2) is 61.2 Å². The van der Waals surface area contributed by atoms with E-state index in [1.165, 1.54) is 30.5 Å². The van der Waals surface area contributed by atoms with E-state index in [4.69, 9.17) is 0 Å². The first-order valence-corrected chi connectivity index (χ1v) is 6.65. The molecule has 0 aliphatic carbocycles. The Kier molecular flexibility index (Phi) is 4.02. The summed E-state index contributed by atoms with van der Waals surface area (Å²) in [6.07, 6.45) is 5.52.